The second-order valence-electron chi connectivity index (χ2n) is 7.19. The first-order valence-electron chi connectivity index (χ1n) is 9.21. The Bertz CT molecular complexity index is 1000. The zero-order chi connectivity index (χ0) is 19.7. The van der Waals surface area contributed by atoms with Crippen LogP contribution in [-0.2, 0) is 0 Å². The lowest BCUT2D eigenvalue weighted by Gasteiger charge is -2.14. The predicted octanol–water partition coefficient (Wildman–Crippen LogP) is 4.70. The van der Waals surface area contributed by atoms with Crippen LogP contribution in [0.4, 0.5) is 0 Å². The number of methoxy groups -OCH3 is 1. The van der Waals surface area contributed by atoms with Crippen LogP contribution in [0.15, 0.2) is 31.0 Å². The maximum Gasteiger partial charge on any atom is 0.222 e. The third-order valence-corrected chi connectivity index (χ3v) is 4.81. The molecule has 0 radical (unpaired) electrons. The second-order valence-corrected chi connectivity index (χ2v) is 7.19. The average Bonchev–Trinajstić information content (AvgIpc) is 2.96. The molecule has 27 heavy (non-hydrogen) atoms. The maximum absolute atomic E-state index is 9.23. The Morgan fingerprint density at radius 3 is 2.59 bits per heavy atom. The SMILES string of the molecule is C=C(CCO)n1cc(C)c2nc(-c3ccc(C(C)C)nc3OC)c(C)cc21. The third-order valence-electron chi connectivity index (χ3n) is 4.81. The highest BCUT2D eigenvalue weighted by Gasteiger charge is 2.17. The molecule has 3 rings (SSSR count). The average molecular weight is 365 g/mol. The predicted molar refractivity (Wildman–Crippen MR) is 110 cm³/mol. The van der Waals surface area contributed by atoms with Crippen molar-refractivity contribution in [1.29, 1.82) is 0 Å². The van der Waals surface area contributed by atoms with Crippen LogP contribution in [0.2, 0.25) is 0 Å². The summed E-state index contributed by atoms with van der Waals surface area (Å²) in [6, 6.07) is 6.19. The summed E-state index contributed by atoms with van der Waals surface area (Å²) in [7, 11) is 1.64. The molecule has 0 aromatic carbocycles. The summed E-state index contributed by atoms with van der Waals surface area (Å²) >= 11 is 0. The lowest BCUT2D eigenvalue weighted by molar-refractivity contribution is 0.303. The van der Waals surface area contributed by atoms with Gasteiger partial charge in [0.1, 0.15) is 0 Å². The van der Waals surface area contributed by atoms with Gasteiger partial charge in [-0.25, -0.2) is 9.97 Å². The Morgan fingerprint density at radius 1 is 1.22 bits per heavy atom. The molecule has 3 aromatic heterocycles. The molecule has 1 N–H and O–H groups in total. The number of rotatable bonds is 6. The molecule has 0 fully saturated rings. The zero-order valence-electron chi connectivity index (χ0n) is 16.7. The molecule has 0 aliphatic carbocycles. The topological polar surface area (TPSA) is 60.2 Å². The molecule has 0 amide bonds. The van der Waals surface area contributed by atoms with E-state index in [4.69, 9.17) is 9.72 Å². The van der Waals surface area contributed by atoms with Crippen molar-refractivity contribution in [2.24, 2.45) is 0 Å². The van der Waals surface area contributed by atoms with Crippen molar-refractivity contribution in [2.45, 2.75) is 40.0 Å². The summed E-state index contributed by atoms with van der Waals surface area (Å²) in [5.74, 6) is 0.927. The number of hydrogen-bond donors (Lipinski definition) is 1. The van der Waals surface area contributed by atoms with Crippen molar-refractivity contribution in [3.8, 4) is 17.1 Å². The molecule has 0 spiro atoms. The highest BCUT2D eigenvalue weighted by Crippen LogP contribution is 2.34. The summed E-state index contributed by atoms with van der Waals surface area (Å²) in [5.41, 5.74) is 7.63. The van der Waals surface area contributed by atoms with E-state index >= 15 is 0 Å². The molecule has 0 saturated heterocycles. The minimum absolute atomic E-state index is 0.0765. The van der Waals surface area contributed by atoms with E-state index in [0.717, 1.165) is 44.8 Å². The van der Waals surface area contributed by atoms with Gasteiger partial charge >= 0.3 is 0 Å². The number of aliphatic hydroxyl groups excluding tert-OH is 1. The van der Waals surface area contributed by atoms with Crippen molar-refractivity contribution in [2.75, 3.05) is 13.7 Å². The first-order chi connectivity index (χ1) is 12.9. The Hall–Kier alpha value is -2.66. The van der Waals surface area contributed by atoms with Crippen LogP contribution >= 0.6 is 0 Å². The van der Waals surface area contributed by atoms with E-state index in [9.17, 15) is 5.11 Å². The van der Waals surface area contributed by atoms with Gasteiger partial charge in [-0.1, -0.05) is 20.4 Å². The lowest BCUT2D eigenvalue weighted by Crippen LogP contribution is -2.01. The molecule has 5 nitrogen and oxygen atoms in total. The zero-order valence-corrected chi connectivity index (χ0v) is 16.7. The van der Waals surface area contributed by atoms with Gasteiger partial charge in [0, 0.05) is 30.6 Å². The van der Waals surface area contributed by atoms with Crippen LogP contribution in [0, 0.1) is 13.8 Å². The van der Waals surface area contributed by atoms with E-state index in [-0.39, 0.29) is 6.61 Å². The van der Waals surface area contributed by atoms with Gasteiger partial charge in [-0.05, 0) is 49.1 Å². The Labute approximate surface area is 160 Å². The van der Waals surface area contributed by atoms with E-state index in [1.165, 1.54) is 0 Å². The van der Waals surface area contributed by atoms with E-state index in [1.807, 2.05) is 36.7 Å². The molecule has 0 aliphatic heterocycles. The minimum Gasteiger partial charge on any atom is -0.480 e. The summed E-state index contributed by atoms with van der Waals surface area (Å²) in [6.45, 7) is 12.5. The molecule has 0 atom stereocenters. The number of pyridine rings is 2. The minimum atomic E-state index is 0.0765. The Balaban J connectivity index is 2.18. The molecule has 0 aliphatic rings. The largest absolute Gasteiger partial charge is 0.480 e. The highest BCUT2D eigenvalue weighted by atomic mass is 16.5. The van der Waals surface area contributed by atoms with Crippen molar-refractivity contribution < 1.29 is 9.84 Å². The maximum atomic E-state index is 9.23. The fourth-order valence-corrected chi connectivity index (χ4v) is 3.29. The van der Waals surface area contributed by atoms with Crippen LogP contribution in [0.1, 0.15) is 43.0 Å². The first kappa shape index (κ1) is 19.1. The summed E-state index contributed by atoms with van der Waals surface area (Å²) in [5, 5.41) is 9.23. The molecule has 142 valence electrons. The monoisotopic (exact) mass is 365 g/mol. The van der Waals surface area contributed by atoms with Gasteiger partial charge in [-0.3, -0.25) is 0 Å². The van der Waals surface area contributed by atoms with Crippen molar-refractivity contribution in [1.82, 2.24) is 14.5 Å². The quantitative estimate of drug-likeness (QED) is 0.688. The van der Waals surface area contributed by atoms with Gasteiger partial charge in [-0.15, -0.1) is 0 Å². The molecule has 3 heterocycles. The molecule has 0 bridgehead atoms. The van der Waals surface area contributed by atoms with Crippen LogP contribution in [0.25, 0.3) is 28.0 Å². The summed E-state index contributed by atoms with van der Waals surface area (Å²) in [4.78, 5) is 9.61. The smallest absolute Gasteiger partial charge is 0.222 e. The summed E-state index contributed by atoms with van der Waals surface area (Å²) < 4.78 is 7.58. The van der Waals surface area contributed by atoms with Gasteiger partial charge in [-0.2, -0.15) is 0 Å². The summed E-state index contributed by atoms with van der Waals surface area (Å²) in [6.07, 6.45) is 2.55. The van der Waals surface area contributed by atoms with E-state index < -0.39 is 0 Å². The standard InChI is InChI=1S/C22H27N3O2/c1-13(2)18-8-7-17(22(23-18)27-6)20-14(3)11-19-21(24-20)15(4)12-25(19)16(5)9-10-26/h7-8,11-13,26H,5,9-10H2,1-4,6H3. The van der Waals surface area contributed by atoms with E-state index in [1.54, 1.807) is 7.11 Å². The number of hydrogen-bond acceptors (Lipinski definition) is 4. The first-order valence-corrected chi connectivity index (χ1v) is 9.21. The van der Waals surface area contributed by atoms with Crippen LogP contribution in [0.3, 0.4) is 0 Å². The van der Waals surface area contributed by atoms with Gasteiger partial charge in [0.2, 0.25) is 5.88 Å². The number of aliphatic hydroxyl groups is 1. The van der Waals surface area contributed by atoms with E-state index in [2.05, 4.69) is 31.5 Å². The molecule has 0 saturated carbocycles. The highest BCUT2D eigenvalue weighted by molar-refractivity contribution is 5.87. The Morgan fingerprint density at radius 2 is 1.96 bits per heavy atom. The van der Waals surface area contributed by atoms with Gasteiger partial charge in [0.25, 0.3) is 0 Å². The number of aromatic nitrogens is 3. The number of ether oxygens (including phenoxy) is 1. The molecule has 0 unspecified atom stereocenters. The fourth-order valence-electron chi connectivity index (χ4n) is 3.29. The van der Waals surface area contributed by atoms with Gasteiger partial charge < -0.3 is 14.4 Å². The third kappa shape index (κ3) is 3.47. The second kappa shape index (κ2) is 7.53. The van der Waals surface area contributed by atoms with Gasteiger partial charge in [0.15, 0.2) is 0 Å². The Kier molecular flexibility index (Phi) is 5.33. The number of fused-ring (bicyclic) bond motifs is 1. The number of aryl methyl sites for hydroxylation is 2. The van der Waals surface area contributed by atoms with Crippen molar-refractivity contribution in [3.63, 3.8) is 0 Å². The number of nitrogens with zero attached hydrogens (tertiary/aromatic N) is 3. The van der Waals surface area contributed by atoms with Gasteiger partial charge in [0.05, 0.1) is 29.4 Å². The van der Waals surface area contributed by atoms with Crippen LogP contribution in [-0.4, -0.2) is 33.4 Å². The van der Waals surface area contributed by atoms with Crippen molar-refractivity contribution in [3.05, 3.63) is 47.8 Å². The molecule has 5 heteroatoms. The molecule has 3 aromatic rings. The molecular weight excluding hydrogens is 338 g/mol. The van der Waals surface area contributed by atoms with Crippen molar-refractivity contribution >= 4 is 16.7 Å². The molecular formula is C22H27N3O2. The fraction of sp³-hybridized carbons (Fsp3) is 0.364. The van der Waals surface area contributed by atoms with Crippen LogP contribution in [0.5, 0.6) is 5.88 Å². The van der Waals surface area contributed by atoms with E-state index in [0.29, 0.717) is 18.2 Å². The van der Waals surface area contributed by atoms with Crippen LogP contribution < -0.4 is 4.74 Å². The lowest BCUT2D eigenvalue weighted by atomic mass is 10.0. The normalized spacial score (nSPS) is 11.4.